The van der Waals surface area contributed by atoms with Crippen molar-refractivity contribution < 1.29 is 0 Å². The molecule has 0 saturated heterocycles. The summed E-state index contributed by atoms with van der Waals surface area (Å²) in [4.78, 5) is 2.50. The van der Waals surface area contributed by atoms with Crippen LogP contribution in [0.1, 0.15) is 25.0 Å². The summed E-state index contributed by atoms with van der Waals surface area (Å²) in [5, 5.41) is 10.2. The van der Waals surface area contributed by atoms with E-state index in [-0.39, 0.29) is 5.41 Å². The number of aromatic nitrogens is 1. The van der Waals surface area contributed by atoms with E-state index in [1.165, 1.54) is 98.9 Å². The summed E-state index contributed by atoms with van der Waals surface area (Å²) in [6, 6.07) is 76.1. The lowest BCUT2D eigenvalue weighted by atomic mass is 9.81. The van der Waals surface area contributed by atoms with Gasteiger partial charge in [-0.05, 0) is 120 Å². The molecule has 0 N–H and O–H groups in total. The second-order valence-electron chi connectivity index (χ2n) is 16.5. The number of fused-ring (bicyclic) bond motifs is 12. The van der Waals surface area contributed by atoms with Crippen molar-refractivity contribution in [1.82, 2.24) is 4.57 Å². The number of anilines is 3. The minimum absolute atomic E-state index is 0.191. The molecule has 10 aromatic carbocycles. The Morgan fingerprint density at radius 3 is 1.68 bits per heavy atom. The monoisotopic (exact) mass is 752 g/mol. The van der Waals surface area contributed by atoms with Crippen molar-refractivity contribution in [3.8, 4) is 27.9 Å². The Kier molecular flexibility index (Phi) is 7.31. The zero-order valence-electron chi connectivity index (χ0n) is 33.0. The molecule has 59 heavy (non-hydrogen) atoms. The van der Waals surface area contributed by atoms with E-state index in [0.717, 1.165) is 11.4 Å². The van der Waals surface area contributed by atoms with Gasteiger partial charge in [0.25, 0.3) is 0 Å². The molecule has 278 valence electrons. The van der Waals surface area contributed by atoms with Crippen LogP contribution < -0.4 is 4.90 Å². The van der Waals surface area contributed by atoms with Gasteiger partial charge in [-0.1, -0.05) is 166 Å². The predicted molar refractivity (Wildman–Crippen MR) is 251 cm³/mol. The Hall–Kier alpha value is -7.42. The van der Waals surface area contributed by atoms with Gasteiger partial charge in [0.1, 0.15) is 0 Å². The predicted octanol–water partition coefficient (Wildman–Crippen LogP) is 15.7. The average molecular weight is 753 g/mol. The number of nitrogens with zero attached hydrogens (tertiary/aromatic N) is 2. The van der Waals surface area contributed by atoms with Crippen molar-refractivity contribution in [2.24, 2.45) is 0 Å². The van der Waals surface area contributed by atoms with Crippen molar-refractivity contribution in [2.45, 2.75) is 19.3 Å². The summed E-state index contributed by atoms with van der Waals surface area (Å²) in [7, 11) is 0. The van der Waals surface area contributed by atoms with Gasteiger partial charge in [0.05, 0.1) is 16.7 Å². The number of hydrogen-bond donors (Lipinski definition) is 0. The fourth-order valence-corrected chi connectivity index (χ4v) is 10.4. The van der Waals surface area contributed by atoms with Gasteiger partial charge in [0.2, 0.25) is 0 Å². The highest BCUT2D eigenvalue weighted by atomic mass is 15.1. The second kappa shape index (κ2) is 12.8. The molecular weight excluding hydrogens is 713 g/mol. The largest absolute Gasteiger partial charge is 0.310 e. The lowest BCUT2D eigenvalue weighted by Gasteiger charge is -2.32. The maximum absolute atomic E-state index is 2.50. The molecule has 0 amide bonds. The molecule has 0 radical (unpaired) electrons. The topological polar surface area (TPSA) is 8.17 Å². The molecule has 1 aromatic heterocycles. The number of para-hydroxylation sites is 2. The summed E-state index contributed by atoms with van der Waals surface area (Å²) in [6.45, 7) is 4.77. The Balaban J connectivity index is 1.08. The van der Waals surface area contributed by atoms with Crippen LogP contribution >= 0.6 is 0 Å². The van der Waals surface area contributed by atoms with Crippen LogP contribution in [0.5, 0.6) is 0 Å². The van der Waals surface area contributed by atoms with Crippen molar-refractivity contribution in [1.29, 1.82) is 0 Å². The molecule has 2 heteroatoms. The van der Waals surface area contributed by atoms with Crippen LogP contribution in [0, 0.1) is 0 Å². The number of benzene rings is 10. The van der Waals surface area contributed by atoms with Crippen LogP contribution in [0.4, 0.5) is 17.1 Å². The van der Waals surface area contributed by atoms with Crippen molar-refractivity contribution in [3.63, 3.8) is 0 Å². The maximum atomic E-state index is 2.50. The first-order chi connectivity index (χ1) is 29.1. The van der Waals surface area contributed by atoms with Gasteiger partial charge in [-0.25, -0.2) is 0 Å². The summed E-state index contributed by atoms with van der Waals surface area (Å²) >= 11 is 0. The lowest BCUT2D eigenvalue weighted by Crippen LogP contribution is -2.20. The third kappa shape index (κ3) is 4.93. The van der Waals surface area contributed by atoms with E-state index in [2.05, 4.69) is 230 Å². The van der Waals surface area contributed by atoms with Gasteiger partial charge in [0, 0.05) is 33.2 Å². The van der Waals surface area contributed by atoms with Crippen molar-refractivity contribution >= 4 is 71.2 Å². The van der Waals surface area contributed by atoms with E-state index in [9.17, 15) is 0 Å². The first-order valence-corrected chi connectivity index (χ1v) is 20.6. The van der Waals surface area contributed by atoms with Gasteiger partial charge in [0.15, 0.2) is 0 Å². The smallest absolute Gasteiger partial charge is 0.0547 e. The first kappa shape index (κ1) is 33.7. The molecule has 0 spiro atoms. The highest BCUT2D eigenvalue weighted by Gasteiger charge is 2.38. The molecule has 0 fully saturated rings. The van der Waals surface area contributed by atoms with Gasteiger partial charge in [-0.15, -0.1) is 0 Å². The molecule has 1 heterocycles. The molecule has 0 atom stereocenters. The molecule has 11 aromatic rings. The molecule has 0 unspecified atom stereocenters. The molecule has 0 aliphatic heterocycles. The fourth-order valence-electron chi connectivity index (χ4n) is 10.4. The Bertz CT molecular complexity index is 3430. The number of rotatable bonds is 5. The zero-order chi connectivity index (χ0) is 39.2. The van der Waals surface area contributed by atoms with E-state index in [1.54, 1.807) is 0 Å². The van der Waals surface area contributed by atoms with Crippen LogP contribution in [0.2, 0.25) is 0 Å². The van der Waals surface area contributed by atoms with Crippen LogP contribution in [0.15, 0.2) is 206 Å². The Morgan fingerprint density at radius 2 is 0.932 bits per heavy atom. The molecule has 0 bridgehead atoms. The van der Waals surface area contributed by atoms with Crippen LogP contribution in [0.25, 0.3) is 82.1 Å². The van der Waals surface area contributed by atoms with E-state index < -0.39 is 0 Å². The first-order valence-electron chi connectivity index (χ1n) is 20.6. The van der Waals surface area contributed by atoms with Crippen molar-refractivity contribution in [2.75, 3.05) is 4.90 Å². The fraction of sp³-hybridized carbons (Fsp3) is 0.0526. The third-order valence-electron chi connectivity index (χ3n) is 12.9. The SMILES string of the molecule is CC1(C)c2ccccc2-c2cccc(N(c3ccc(-c4cccc5c4c4ccccc4n5-c4ccccc4)cc3)c3ccc4c5ccccc5c5ccccc5c4c3)c21. The normalized spacial score (nSPS) is 13.1. The molecule has 12 rings (SSSR count). The summed E-state index contributed by atoms with van der Waals surface area (Å²) in [5.41, 5.74) is 14.6. The second-order valence-corrected chi connectivity index (χ2v) is 16.5. The summed E-state index contributed by atoms with van der Waals surface area (Å²) in [5.74, 6) is 0. The molecule has 1 aliphatic carbocycles. The quantitative estimate of drug-likeness (QED) is 0.159. The van der Waals surface area contributed by atoms with Gasteiger partial charge in [-0.3, -0.25) is 0 Å². The Labute approximate surface area is 343 Å². The lowest BCUT2D eigenvalue weighted by molar-refractivity contribution is 0.661. The molecular formula is C57H40N2. The van der Waals surface area contributed by atoms with E-state index in [0.29, 0.717) is 0 Å². The van der Waals surface area contributed by atoms with E-state index >= 15 is 0 Å². The standard InChI is InChI=1S/C57H40N2/c1-57(2)51-26-12-10-22-47(51)48-25-15-29-54(56(48)57)58(40-34-35-46-44-20-7-6-18-42(44)43-19-8-9-21-45(43)50(46)36-40)39-32-30-37(31-33-39)41-24-14-28-53-55(41)49-23-11-13-27-52(49)59(53)38-16-4-3-5-17-38/h3-36H,1-2H3. The minimum atomic E-state index is -0.191. The summed E-state index contributed by atoms with van der Waals surface area (Å²) in [6.07, 6.45) is 0. The number of hydrogen-bond acceptors (Lipinski definition) is 1. The van der Waals surface area contributed by atoms with Crippen LogP contribution in [-0.4, -0.2) is 4.57 Å². The van der Waals surface area contributed by atoms with Gasteiger partial charge in [-0.2, -0.15) is 0 Å². The average Bonchev–Trinajstić information content (AvgIpc) is 3.76. The molecule has 2 nitrogen and oxygen atoms in total. The summed E-state index contributed by atoms with van der Waals surface area (Å²) < 4.78 is 2.40. The highest BCUT2D eigenvalue weighted by Crippen LogP contribution is 2.54. The Morgan fingerprint density at radius 1 is 0.390 bits per heavy atom. The zero-order valence-corrected chi connectivity index (χ0v) is 33.0. The van der Waals surface area contributed by atoms with Crippen LogP contribution in [0.3, 0.4) is 0 Å². The van der Waals surface area contributed by atoms with E-state index in [4.69, 9.17) is 0 Å². The van der Waals surface area contributed by atoms with Gasteiger partial charge < -0.3 is 9.47 Å². The van der Waals surface area contributed by atoms with Crippen LogP contribution in [-0.2, 0) is 5.41 Å². The van der Waals surface area contributed by atoms with Crippen molar-refractivity contribution in [3.05, 3.63) is 217 Å². The molecule has 1 aliphatic rings. The highest BCUT2D eigenvalue weighted by molar-refractivity contribution is 6.26. The third-order valence-corrected chi connectivity index (χ3v) is 12.9. The minimum Gasteiger partial charge on any atom is -0.310 e. The van der Waals surface area contributed by atoms with Gasteiger partial charge >= 0.3 is 0 Å². The maximum Gasteiger partial charge on any atom is 0.0547 e. The molecule has 0 saturated carbocycles. The van der Waals surface area contributed by atoms with E-state index in [1.807, 2.05) is 0 Å².